The molecule has 1 amide bonds. The van der Waals surface area contributed by atoms with Gasteiger partial charge in [0.15, 0.2) is 0 Å². The first kappa shape index (κ1) is 11.7. The summed E-state index contributed by atoms with van der Waals surface area (Å²) in [5.41, 5.74) is 1.23. The van der Waals surface area contributed by atoms with E-state index in [1.54, 1.807) is 6.07 Å². The minimum absolute atomic E-state index is 0.253. The van der Waals surface area contributed by atoms with E-state index in [1.165, 1.54) is 19.2 Å². The largest absolute Gasteiger partial charge is 0.355 e. The molecule has 0 aromatic heterocycles. The average molecular weight is 208 g/mol. The lowest BCUT2D eigenvalue weighted by atomic mass is 10.0. The molecule has 1 aromatic carbocycles. The minimum atomic E-state index is -0.359. The van der Waals surface area contributed by atoms with Crippen LogP contribution in [0.5, 0.6) is 0 Å². The Bertz CT molecular complexity index is 349. The first-order valence-electron chi connectivity index (χ1n) is 4.96. The summed E-state index contributed by atoms with van der Waals surface area (Å²) in [6, 6.07) is 4.44. The van der Waals surface area contributed by atoms with E-state index >= 15 is 0 Å². The van der Waals surface area contributed by atoms with Gasteiger partial charge < -0.3 is 5.32 Å². The molecule has 2 nitrogen and oxygen atoms in total. The molecule has 1 N–H and O–H groups in total. The third-order valence-corrected chi connectivity index (χ3v) is 2.17. The molecule has 15 heavy (non-hydrogen) atoms. The number of hydrogen-bond donors (Lipinski definition) is 1. The summed E-state index contributed by atoms with van der Waals surface area (Å²) in [4.78, 5) is 11.3. The summed E-state index contributed by atoms with van der Waals surface area (Å²) in [6.07, 6.45) is 3.67. The van der Waals surface area contributed by atoms with Gasteiger partial charge in [0.2, 0.25) is 0 Å². The van der Waals surface area contributed by atoms with Crippen LogP contribution in [0, 0.1) is 12.2 Å². The van der Waals surface area contributed by atoms with Gasteiger partial charge in [-0.25, -0.2) is 4.39 Å². The zero-order valence-corrected chi connectivity index (χ0v) is 9.01. The smallest absolute Gasteiger partial charge is 0.251 e. The topological polar surface area (TPSA) is 29.1 Å². The molecule has 0 spiro atoms. The fourth-order valence-corrected chi connectivity index (χ4v) is 1.38. The second-order valence-corrected chi connectivity index (χ2v) is 3.37. The molecule has 0 heterocycles. The number of hydrogen-bond acceptors (Lipinski definition) is 1. The number of unbranched alkanes of at least 4 members (excludes halogenated alkanes) is 1. The van der Waals surface area contributed by atoms with Gasteiger partial charge in [0.25, 0.3) is 5.91 Å². The summed E-state index contributed by atoms with van der Waals surface area (Å²) < 4.78 is 13.2. The van der Waals surface area contributed by atoms with E-state index in [9.17, 15) is 9.18 Å². The van der Waals surface area contributed by atoms with Crippen molar-refractivity contribution < 1.29 is 9.18 Å². The Labute approximate surface area is 89.5 Å². The van der Waals surface area contributed by atoms with Crippen LogP contribution in [0.15, 0.2) is 18.2 Å². The molecular weight excluding hydrogens is 193 g/mol. The second-order valence-electron chi connectivity index (χ2n) is 3.37. The maximum absolute atomic E-state index is 13.2. The number of carbonyl (C=O) groups is 1. The number of amides is 1. The Morgan fingerprint density at radius 1 is 1.47 bits per heavy atom. The van der Waals surface area contributed by atoms with E-state index in [2.05, 4.69) is 5.32 Å². The van der Waals surface area contributed by atoms with E-state index in [0.717, 1.165) is 18.4 Å². The molecule has 0 unspecified atom stereocenters. The zero-order valence-electron chi connectivity index (χ0n) is 9.01. The Balaban J connectivity index is 2.89. The molecule has 1 aromatic rings. The lowest BCUT2D eigenvalue weighted by Crippen LogP contribution is -2.18. The molecule has 1 radical (unpaired) electrons. The van der Waals surface area contributed by atoms with Crippen LogP contribution in [0.2, 0.25) is 0 Å². The molecule has 1 rings (SSSR count). The Morgan fingerprint density at radius 2 is 2.20 bits per heavy atom. The van der Waals surface area contributed by atoms with E-state index in [4.69, 9.17) is 0 Å². The summed E-state index contributed by atoms with van der Waals surface area (Å²) in [5.74, 6) is -0.613. The van der Waals surface area contributed by atoms with Gasteiger partial charge in [0.1, 0.15) is 5.82 Å². The van der Waals surface area contributed by atoms with Crippen molar-refractivity contribution in [3.05, 3.63) is 41.6 Å². The van der Waals surface area contributed by atoms with Gasteiger partial charge in [0.05, 0.1) is 0 Å². The summed E-state index contributed by atoms with van der Waals surface area (Å²) in [5, 5.41) is 2.48. The highest BCUT2D eigenvalue weighted by atomic mass is 19.1. The monoisotopic (exact) mass is 208 g/mol. The van der Waals surface area contributed by atoms with Crippen LogP contribution < -0.4 is 5.32 Å². The van der Waals surface area contributed by atoms with Gasteiger partial charge in [-0.3, -0.25) is 4.79 Å². The number of benzene rings is 1. The van der Waals surface area contributed by atoms with Crippen molar-refractivity contribution in [1.29, 1.82) is 0 Å². The SMILES string of the molecule is C[CH]CCc1cc(F)cc(C(=O)NC)c1. The van der Waals surface area contributed by atoms with Gasteiger partial charge in [-0.05, 0) is 43.0 Å². The Hall–Kier alpha value is -1.38. The van der Waals surface area contributed by atoms with Crippen LogP contribution in [0.1, 0.15) is 29.3 Å². The van der Waals surface area contributed by atoms with Crippen LogP contribution in [-0.4, -0.2) is 13.0 Å². The fourth-order valence-electron chi connectivity index (χ4n) is 1.38. The molecule has 0 saturated carbocycles. The van der Waals surface area contributed by atoms with Crippen molar-refractivity contribution in [3.8, 4) is 0 Å². The standard InChI is InChI=1S/C12H15FNO/c1-3-4-5-9-6-10(12(15)14-2)8-11(13)7-9/h3,6-8H,4-5H2,1-2H3,(H,14,15). The Morgan fingerprint density at radius 3 is 2.80 bits per heavy atom. The van der Waals surface area contributed by atoms with Gasteiger partial charge in [-0.1, -0.05) is 6.92 Å². The zero-order chi connectivity index (χ0) is 11.3. The van der Waals surface area contributed by atoms with E-state index in [0.29, 0.717) is 5.56 Å². The molecule has 0 bridgehead atoms. The average Bonchev–Trinajstić information content (AvgIpc) is 2.24. The van der Waals surface area contributed by atoms with Crippen molar-refractivity contribution in [2.24, 2.45) is 0 Å². The predicted octanol–water partition coefficient (Wildman–Crippen LogP) is 2.34. The highest BCUT2D eigenvalue weighted by Gasteiger charge is 2.06. The lowest BCUT2D eigenvalue weighted by molar-refractivity contribution is 0.0962. The maximum atomic E-state index is 13.2. The summed E-state index contributed by atoms with van der Waals surface area (Å²) >= 11 is 0. The molecular formula is C12H15FNO. The van der Waals surface area contributed by atoms with Crippen LogP contribution in [0.3, 0.4) is 0 Å². The molecule has 0 aliphatic rings. The van der Waals surface area contributed by atoms with Gasteiger partial charge in [-0.15, -0.1) is 0 Å². The quantitative estimate of drug-likeness (QED) is 0.808. The maximum Gasteiger partial charge on any atom is 0.251 e. The molecule has 0 atom stereocenters. The van der Waals surface area contributed by atoms with Crippen LogP contribution in [0.4, 0.5) is 4.39 Å². The van der Waals surface area contributed by atoms with Gasteiger partial charge >= 0.3 is 0 Å². The first-order chi connectivity index (χ1) is 7.17. The van der Waals surface area contributed by atoms with Crippen molar-refractivity contribution in [2.45, 2.75) is 19.8 Å². The molecule has 0 saturated heterocycles. The molecule has 0 fully saturated rings. The first-order valence-corrected chi connectivity index (χ1v) is 4.96. The minimum Gasteiger partial charge on any atom is -0.355 e. The van der Waals surface area contributed by atoms with Crippen LogP contribution in [-0.2, 0) is 6.42 Å². The number of rotatable bonds is 4. The third-order valence-electron chi connectivity index (χ3n) is 2.17. The lowest BCUT2D eigenvalue weighted by Gasteiger charge is -2.04. The predicted molar refractivity (Wildman–Crippen MR) is 58.1 cm³/mol. The van der Waals surface area contributed by atoms with E-state index < -0.39 is 0 Å². The van der Waals surface area contributed by atoms with E-state index in [-0.39, 0.29) is 11.7 Å². The van der Waals surface area contributed by atoms with Crippen molar-refractivity contribution in [1.82, 2.24) is 5.32 Å². The Kier molecular flexibility index (Phi) is 4.28. The molecule has 0 aliphatic heterocycles. The van der Waals surface area contributed by atoms with Gasteiger partial charge in [0, 0.05) is 12.6 Å². The summed E-state index contributed by atoms with van der Waals surface area (Å²) in [7, 11) is 1.53. The summed E-state index contributed by atoms with van der Waals surface area (Å²) in [6.45, 7) is 1.96. The van der Waals surface area contributed by atoms with E-state index in [1.807, 2.05) is 13.3 Å². The number of halogens is 1. The third kappa shape index (κ3) is 3.35. The molecule has 0 aliphatic carbocycles. The molecule has 3 heteroatoms. The highest BCUT2D eigenvalue weighted by molar-refractivity contribution is 5.94. The highest BCUT2D eigenvalue weighted by Crippen LogP contribution is 2.11. The number of aryl methyl sites for hydroxylation is 1. The number of carbonyl (C=O) groups excluding carboxylic acids is 1. The van der Waals surface area contributed by atoms with Crippen molar-refractivity contribution >= 4 is 5.91 Å². The normalized spacial score (nSPS) is 10.1. The number of nitrogens with one attached hydrogen (secondary N) is 1. The van der Waals surface area contributed by atoms with Crippen LogP contribution in [0.25, 0.3) is 0 Å². The van der Waals surface area contributed by atoms with Crippen LogP contribution >= 0.6 is 0 Å². The van der Waals surface area contributed by atoms with Gasteiger partial charge in [-0.2, -0.15) is 0 Å². The fraction of sp³-hybridized carbons (Fsp3) is 0.333. The van der Waals surface area contributed by atoms with Crippen molar-refractivity contribution in [2.75, 3.05) is 7.05 Å². The molecule has 81 valence electrons. The van der Waals surface area contributed by atoms with Crippen molar-refractivity contribution in [3.63, 3.8) is 0 Å². The second kappa shape index (κ2) is 5.49.